The second-order valence-electron chi connectivity index (χ2n) is 8.48. The van der Waals surface area contributed by atoms with Crippen molar-refractivity contribution in [2.75, 3.05) is 0 Å². The van der Waals surface area contributed by atoms with E-state index in [1.807, 2.05) is 0 Å². The molecule has 126 valence electrons. The van der Waals surface area contributed by atoms with Crippen molar-refractivity contribution in [1.29, 1.82) is 0 Å². The van der Waals surface area contributed by atoms with Crippen LogP contribution in [0.4, 0.5) is 0 Å². The third-order valence-corrected chi connectivity index (χ3v) is 12.6. The van der Waals surface area contributed by atoms with Crippen LogP contribution in [0.2, 0.25) is 16.6 Å². The van der Waals surface area contributed by atoms with E-state index in [-0.39, 0.29) is 0 Å². The lowest BCUT2D eigenvalue weighted by Crippen LogP contribution is -2.43. The zero-order valence-electron chi connectivity index (χ0n) is 15.6. The standard InChI is InChI=1S/C20H36OSi/c1-15(2)22(16(3)4,17(5)6)13-9-11-19-14-18-10-7-8-12-20(18)21-19/h15-20H,7-8,10-12,14H2,1-6H3/t18-,19+,20+/m0/s1. The summed E-state index contributed by atoms with van der Waals surface area (Å²) in [6.45, 7) is 14.3. The molecule has 1 aliphatic carbocycles. The second-order valence-corrected chi connectivity index (χ2v) is 14.1. The zero-order chi connectivity index (χ0) is 16.3. The lowest BCUT2D eigenvalue weighted by molar-refractivity contribution is 0.0215. The van der Waals surface area contributed by atoms with E-state index in [0.717, 1.165) is 29.0 Å². The van der Waals surface area contributed by atoms with Crippen LogP contribution in [0.25, 0.3) is 0 Å². The maximum absolute atomic E-state index is 6.27. The predicted octanol–water partition coefficient (Wildman–Crippen LogP) is 5.95. The van der Waals surface area contributed by atoms with E-state index in [9.17, 15) is 0 Å². The summed E-state index contributed by atoms with van der Waals surface area (Å²) in [5, 5.41) is 0. The van der Waals surface area contributed by atoms with E-state index in [0.29, 0.717) is 12.2 Å². The van der Waals surface area contributed by atoms with Gasteiger partial charge < -0.3 is 4.74 Å². The summed E-state index contributed by atoms with van der Waals surface area (Å²) in [6.07, 6.45) is 8.65. The van der Waals surface area contributed by atoms with Crippen molar-refractivity contribution >= 4 is 8.07 Å². The Morgan fingerprint density at radius 1 is 0.955 bits per heavy atom. The van der Waals surface area contributed by atoms with E-state index in [1.165, 1.54) is 32.1 Å². The van der Waals surface area contributed by atoms with E-state index < -0.39 is 8.07 Å². The molecular formula is C20H36OSi. The molecule has 2 heteroatoms. The molecule has 0 N–H and O–H groups in total. The topological polar surface area (TPSA) is 9.23 Å². The first-order valence-corrected chi connectivity index (χ1v) is 11.8. The Kier molecular flexibility index (Phi) is 6.19. The number of hydrogen-bond acceptors (Lipinski definition) is 1. The monoisotopic (exact) mass is 320 g/mol. The number of fused-ring (bicyclic) bond motifs is 1. The predicted molar refractivity (Wildman–Crippen MR) is 98.7 cm³/mol. The van der Waals surface area contributed by atoms with Crippen LogP contribution in [-0.4, -0.2) is 20.3 Å². The van der Waals surface area contributed by atoms with Crippen LogP contribution in [0.15, 0.2) is 0 Å². The Bertz CT molecular complexity index is 379. The van der Waals surface area contributed by atoms with Gasteiger partial charge in [-0.3, -0.25) is 0 Å². The average Bonchev–Trinajstić information content (AvgIpc) is 2.84. The molecule has 1 aliphatic heterocycles. The maximum Gasteiger partial charge on any atom is 0.145 e. The van der Waals surface area contributed by atoms with Crippen molar-refractivity contribution < 1.29 is 4.74 Å². The first kappa shape index (κ1) is 18.1. The first-order valence-electron chi connectivity index (χ1n) is 9.53. The summed E-state index contributed by atoms with van der Waals surface area (Å²) in [4.78, 5) is 0. The van der Waals surface area contributed by atoms with Gasteiger partial charge in [-0.05, 0) is 41.8 Å². The molecule has 1 saturated heterocycles. The Labute approximate surface area is 139 Å². The van der Waals surface area contributed by atoms with Gasteiger partial charge in [0.05, 0.1) is 12.2 Å². The molecule has 0 bridgehead atoms. The largest absolute Gasteiger partial charge is 0.374 e. The number of hydrogen-bond donors (Lipinski definition) is 0. The minimum atomic E-state index is -1.55. The van der Waals surface area contributed by atoms with Crippen molar-refractivity contribution in [2.45, 2.75) is 109 Å². The summed E-state index contributed by atoms with van der Waals surface area (Å²) in [5.41, 5.74) is 6.04. The molecule has 1 heterocycles. The smallest absolute Gasteiger partial charge is 0.145 e. The summed E-state index contributed by atoms with van der Waals surface area (Å²) in [5.74, 6) is 4.44. The number of rotatable bonds is 4. The van der Waals surface area contributed by atoms with E-state index in [4.69, 9.17) is 4.74 Å². The van der Waals surface area contributed by atoms with Crippen LogP contribution in [0.5, 0.6) is 0 Å². The van der Waals surface area contributed by atoms with E-state index in [1.54, 1.807) is 0 Å². The molecule has 0 aromatic heterocycles. The fourth-order valence-corrected chi connectivity index (χ4v) is 10.4. The molecule has 0 radical (unpaired) electrons. The van der Waals surface area contributed by atoms with Crippen LogP contribution >= 0.6 is 0 Å². The van der Waals surface area contributed by atoms with Crippen LogP contribution in [0.3, 0.4) is 0 Å². The fraction of sp³-hybridized carbons (Fsp3) is 0.900. The van der Waals surface area contributed by atoms with Crippen LogP contribution in [0.1, 0.15) is 80.1 Å². The highest BCUT2D eigenvalue weighted by Gasteiger charge is 2.42. The Hall–Kier alpha value is -0.263. The van der Waals surface area contributed by atoms with Gasteiger partial charge in [0.15, 0.2) is 0 Å². The number of ether oxygens (including phenoxy) is 1. The summed E-state index contributed by atoms with van der Waals surface area (Å²) in [7, 11) is -1.55. The van der Waals surface area contributed by atoms with Gasteiger partial charge in [0.1, 0.15) is 8.07 Å². The van der Waals surface area contributed by atoms with Gasteiger partial charge >= 0.3 is 0 Å². The summed E-state index contributed by atoms with van der Waals surface area (Å²) >= 11 is 0. The quantitative estimate of drug-likeness (QED) is 0.459. The highest BCUT2D eigenvalue weighted by molar-refractivity contribution is 6.90. The molecular weight excluding hydrogens is 284 g/mol. The van der Waals surface area contributed by atoms with Crippen LogP contribution in [-0.2, 0) is 4.74 Å². The highest BCUT2D eigenvalue weighted by atomic mass is 28.3. The minimum absolute atomic E-state index is 0.416. The van der Waals surface area contributed by atoms with Crippen LogP contribution in [0, 0.1) is 17.4 Å². The van der Waals surface area contributed by atoms with E-state index in [2.05, 4.69) is 53.0 Å². The van der Waals surface area contributed by atoms with Crippen molar-refractivity contribution in [3.63, 3.8) is 0 Å². The van der Waals surface area contributed by atoms with Crippen molar-refractivity contribution in [2.24, 2.45) is 5.92 Å². The lowest BCUT2D eigenvalue weighted by atomic mass is 9.85. The molecule has 0 aromatic carbocycles. The molecule has 2 rings (SSSR count). The van der Waals surface area contributed by atoms with Gasteiger partial charge in [-0.1, -0.05) is 54.4 Å². The molecule has 1 nitrogen and oxygen atoms in total. The molecule has 0 amide bonds. The van der Waals surface area contributed by atoms with Crippen molar-refractivity contribution in [3.05, 3.63) is 0 Å². The van der Waals surface area contributed by atoms with E-state index >= 15 is 0 Å². The average molecular weight is 321 g/mol. The summed E-state index contributed by atoms with van der Waals surface area (Å²) in [6, 6.07) is 0. The van der Waals surface area contributed by atoms with Gasteiger partial charge in [0.25, 0.3) is 0 Å². The second kappa shape index (κ2) is 7.54. The van der Waals surface area contributed by atoms with Crippen molar-refractivity contribution in [3.8, 4) is 11.5 Å². The van der Waals surface area contributed by atoms with Gasteiger partial charge in [-0.15, -0.1) is 11.5 Å². The van der Waals surface area contributed by atoms with Gasteiger partial charge in [-0.2, -0.15) is 0 Å². The normalized spacial score (nSPS) is 28.9. The lowest BCUT2D eigenvalue weighted by Gasteiger charge is -2.38. The van der Waals surface area contributed by atoms with Gasteiger partial charge in [0.2, 0.25) is 0 Å². The first-order chi connectivity index (χ1) is 10.4. The Balaban J connectivity index is 2.02. The molecule has 0 aromatic rings. The highest BCUT2D eigenvalue weighted by Crippen LogP contribution is 2.41. The zero-order valence-corrected chi connectivity index (χ0v) is 16.6. The fourth-order valence-electron chi connectivity index (χ4n) is 5.15. The SMILES string of the molecule is CC(C)[Si](C#CC[C@@H]1C[C@@H]2CCCC[C@H]2O1)(C(C)C)C(C)C. The molecule has 2 aliphatic rings. The Morgan fingerprint density at radius 3 is 2.09 bits per heavy atom. The molecule has 1 saturated carbocycles. The molecule has 0 spiro atoms. The van der Waals surface area contributed by atoms with Crippen molar-refractivity contribution in [1.82, 2.24) is 0 Å². The molecule has 3 atom stereocenters. The Morgan fingerprint density at radius 2 is 1.55 bits per heavy atom. The molecule has 0 unspecified atom stereocenters. The third kappa shape index (κ3) is 3.62. The van der Waals surface area contributed by atoms with Gasteiger partial charge in [0, 0.05) is 6.42 Å². The van der Waals surface area contributed by atoms with Gasteiger partial charge in [-0.25, -0.2) is 0 Å². The van der Waals surface area contributed by atoms with Crippen LogP contribution < -0.4 is 0 Å². The minimum Gasteiger partial charge on any atom is -0.374 e. The third-order valence-electron chi connectivity index (χ3n) is 6.27. The molecule has 2 fully saturated rings. The maximum atomic E-state index is 6.27. The molecule has 22 heavy (non-hydrogen) atoms. The summed E-state index contributed by atoms with van der Waals surface area (Å²) < 4.78 is 6.27.